The van der Waals surface area contributed by atoms with E-state index < -0.39 is 11.8 Å². The van der Waals surface area contributed by atoms with Crippen LogP contribution in [0.25, 0.3) is 0 Å². The minimum absolute atomic E-state index is 0.0623. The molecule has 0 fully saturated rings. The van der Waals surface area contributed by atoms with Crippen molar-refractivity contribution < 1.29 is 14.7 Å². The van der Waals surface area contributed by atoms with E-state index in [-0.39, 0.29) is 17.0 Å². The molecule has 2 aromatic rings. The van der Waals surface area contributed by atoms with Crippen molar-refractivity contribution in [2.75, 3.05) is 0 Å². The molecule has 0 saturated carbocycles. The average molecular weight is 280 g/mol. The highest BCUT2D eigenvalue weighted by Gasteiger charge is 2.12. The van der Waals surface area contributed by atoms with Crippen LogP contribution in [0.2, 0.25) is 5.02 Å². The fraction of sp³-hybridized carbons (Fsp3) is 0. The molecule has 1 aromatic carbocycles. The number of aromatic amines is 1. The van der Waals surface area contributed by atoms with Gasteiger partial charge in [0.15, 0.2) is 0 Å². The number of rotatable bonds is 2. The number of amides is 2. The van der Waals surface area contributed by atoms with Gasteiger partial charge in [-0.1, -0.05) is 23.7 Å². The van der Waals surface area contributed by atoms with Gasteiger partial charge in [-0.05, 0) is 18.2 Å². The Balaban J connectivity index is 1.98. The number of phenols is 1. The molecule has 0 radical (unpaired) electrons. The SMILES string of the molecule is O=C(NNC(=O)c1ccccc1O)c1cc(Cl)c[nH]1. The third-order valence-corrected chi connectivity index (χ3v) is 2.55. The van der Waals surface area contributed by atoms with Crippen LogP contribution in [-0.4, -0.2) is 21.9 Å². The number of aromatic hydroxyl groups is 1. The maximum atomic E-state index is 11.7. The monoisotopic (exact) mass is 279 g/mol. The first-order chi connectivity index (χ1) is 9.08. The van der Waals surface area contributed by atoms with Crippen molar-refractivity contribution in [3.05, 3.63) is 52.8 Å². The predicted octanol–water partition coefficient (Wildman–Crippen LogP) is 1.45. The van der Waals surface area contributed by atoms with E-state index >= 15 is 0 Å². The molecular formula is C12H10ClN3O3. The summed E-state index contributed by atoms with van der Waals surface area (Å²) in [5.74, 6) is -1.34. The third-order valence-electron chi connectivity index (χ3n) is 2.33. The lowest BCUT2D eigenvalue weighted by Crippen LogP contribution is -2.41. The summed E-state index contributed by atoms with van der Waals surface area (Å²) in [6, 6.07) is 7.42. The normalized spacial score (nSPS) is 9.95. The summed E-state index contributed by atoms with van der Waals surface area (Å²) in [7, 11) is 0. The number of carbonyl (C=O) groups is 2. The molecule has 2 rings (SSSR count). The summed E-state index contributed by atoms with van der Waals surface area (Å²) in [4.78, 5) is 25.9. The molecule has 0 spiro atoms. The van der Waals surface area contributed by atoms with Crippen LogP contribution < -0.4 is 10.9 Å². The van der Waals surface area contributed by atoms with E-state index in [2.05, 4.69) is 15.8 Å². The van der Waals surface area contributed by atoms with E-state index in [1.165, 1.54) is 24.4 Å². The number of aromatic nitrogens is 1. The fourth-order valence-electron chi connectivity index (χ4n) is 1.41. The Kier molecular flexibility index (Phi) is 3.72. The van der Waals surface area contributed by atoms with Gasteiger partial charge in [0.2, 0.25) is 0 Å². The van der Waals surface area contributed by atoms with Crippen LogP contribution in [0.1, 0.15) is 20.8 Å². The van der Waals surface area contributed by atoms with Gasteiger partial charge in [0.05, 0.1) is 10.6 Å². The Labute approximate surface area is 113 Å². The summed E-state index contributed by atoms with van der Waals surface area (Å²) in [5.41, 5.74) is 4.66. The molecule has 98 valence electrons. The average Bonchev–Trinajstić information content (AvgIpc) is 2.83. The van der Waals surface area contributed by atoms with E-state index in [1.54, 1.807) is 12.1 Å². The van der Waals surface area contributed by atoms with Crippen LogP contribution in [0.5, 0.6) is 5.75 Å². The molecule has 0 atom stereocenters. The number of H-pyrrole nitrogens is 1. The summed E-state index contributed by atoms with van der Waals surface area (Å²) in [5, 5.41) is 9.86. The Morgan fingerprint density at radius 1 is 1.16 bits per heavy atom. The number of hydrazine groups is 1. The molecule has 2 amide bonds. The number of para-hydroxylation sites is 1. The zero-order chi connectivity index (χ0) is 13.8. The Hall–Kier alpha value is -2.47. The summed E-state index contributed by atoms with van der Waals surface area (Å²) in [6.45, 7) is 0. The lowest BCUT2D eigenvalue weighted by molar-refractivity contribution is 0.0842. The molecule has 4 N–H and O–H groups in total. The number of benzene rings is 1. The highest BCUT2D eigenvalue weighted by atomic mass is 35.5. The van der Waals surface area contributed by atoms with Crippen molar-refractivity contribution in [2.45, 2.75) is 0 Å². The van der Waals surface area contributed by atoms with Gasteiger partial charge in [0, 0.05) is 6.20 Å². The van der Waals surface area contributed by atoms with Crippen molar-refractivity contribution in [2.24, 2.45) is 0 Å². The van der Waals surface area contributed by atoms with Gasteiger partial charge >= 0.3 is 0 Å². The van der Waals surface area contributed by atoms with Gasteiger partial charge < -0.3 is 10.1 Å². The van der Waals surface area contributed by atoms with Crippen LogP contribution in [-0.2, 0) is 0 Å². The summed E-state index contributed by atoms with van der Waals surface area (Å²) < 4.78 is 0. The zero-order valence-electron chi connectivity index (χ0n) is 9.61. The Morgan fingerprint density at radius 3 is 2.47 bits per heavy atom. The van der Waals surface area contributed by atoms with Crippen molar-refractivity contribution in [3.63, 3.8) is 0 Å². The second kappa shape index (κ2) is 5.45. The van der Waals surface area contributed by atoms with Crippen molar-refractivity contribution in [3.8, 4) is 5.75 Å². The molecule has 19 heavy (non-hydrogen) atoms. The fourth-order valence-corrected chi connectivity index (χ4v) is 1.58. The number of nitrogens with one attached hydrogen (secondary N) is 3. The molecule has 1 heterocycles. The summed E-state index contributed by atoms with van der Waals surface area (Å²) in [6.07, 6.45) is 1.45. The highest BCUT2D eigenvalue weighted by molar-refractivity contribution is 6.30. The second-order valence-electron chi connectivity index (χ2n) is 3.66. The first kappa shape index (κ1) is 13.0. The van der Waals surface area contributed by atoms with E-state index in [9.17, 15) is 14.7 Å². The molecule has 0 bridgehead atoms. The minimum atomic E-state index is -0.621. The van der Waals surface area contributed by atoms with E-state index in [4.69, 9.17) is 11.6 Å². The van der Waals surface area contributed by atoms with Gasteiger partial charge in [-0.2, -0.15) is 0 Å². The van der Waals surface area contributed by atoms with Crippen LogP contribution in [0.3, 0.4) is 0 Å². The molecule has 0 aliphatic rings. The van der Waals surface area contributed by atoms with Crippen LogP contribution in [0.4, 0.5) is 0 Å². The van der Waals surface area contributed by atoms with Crippen molar-refractivity contribution >= 4 is 23.4 Å². The molecule has 0 unspecified atom stereocenters. The third kappa shape index (κ3) is 3.05. The molecule has 0 saturated heterocycles. The molecule has 0 aliphatic carbocycles. The Bertz CT molecular complexity index is 624. The van der Waals surface area contributed by atoms with E-state index in [0.717, 1.165) is 0 Å². The van der Waals surface area contributed by atoms with Gasteiger partial charge in [-0.15, -0.1) is 0 Å². The van der Waals surface area contributed by atoms with Gasteiger partial charge in [-0.3, -0.25) is 20.4 Å². The molecule has 0 aliphatic heterocycles. The molecule has 7 heteroatoms. The van der Waals surface area contributed by atoms with E-state index in [1.807, 2.05) is 0 Å². The number of phenolic OH excluding ortho intramolecular Hbond substituents is 1. The highest BCUT2D eigenvalue weighted by Crippen LogP contribution is 2.14. The van der Waals surface area contributed by atoms with Gasteiger partial charge in [0.1, 0.15) is 11.4 Å². The standard InChI is InChI=1S/C12H10ClN3O3/c13-7-5-9(14-6-7)12(19)16-15-11(18)8-3-1-2-4-10(8)17/h1-6,14,17H,(H,15,18)(H,16,19). The van der Waals surface area contributed by atoms with Crippen molar-refractivity contribution in [1.29, 1.82) is 0 Å². The quantitative estimate of drug-likeness (QED) is 0.627. The first-order valence-electron chi connectivity index (χ1n) is 5.30. The number of hydrogen-bond acceptors (Lipinski definition) is 3. The molecular weight excluding hydrogens is 270 g/mol. The van der Waals surface area contributed by atoms with Crippen LogP contribution in [0, 0.1) is 0 Å². The van der Waals surface area contributed by atoms with Crippen molar-refractivity contribution in [1.82, 2.24) is 15.8 Å². The topological polar surface area (TPSA) is 94.2 Å². The maximum absolute atomic E-state index is 11.7. The van der Waals surface area contributed by atoms with Gasteiger partial charge in [-0.25, -0.2) is 0 Å². The summed E-state index contributed by atoms with van der Waals surface area (Å²) >= 11 is 5.65. The lowest BCUT2D eigenvalue weighted by Gasteiger charge is -2.07. The van der Waals surface area contributed by atoms with E-state index in [0.29, 0.717) is 5.02 Å². The minimum Gasteiger partial charge on any atom is -0.507 e. The zero-order valence-corrected chi connectivity index (χ0v) is 10.4. The molecule has 1 aromatic heterocycles. The number of halogens is 1. The first-order valence-corrected chi connectivity index (χ1v) is 5.68. The number of hydrogen-bond donors (Lipinski definition) is 4. The second-order valence-corrected chi connectivity index (χ2v) is 4.09. The largest absolute Gasteiger partial charge is 0.507 e. The number of carbonyl (C=O) groups excluding carboxylic acids is 2. The van der Waals surface area contributed by atoms with Gasteiger partial charge in [0.25, 0.3) is 11.8 Å². The lowest BCUT2D eigenvalue weighted by atomic mass is 10.2. The molecule has 6 nitrogen and oxygen atoms in total. The van der Waals surface area contributed by atoms with Crippen LogP contribution >= 0.6 is 11.6 Å². The maximum Gasteiger partial charge on any atom is 0.286 e. The predicted molar refractivity (Wildman–Crippen MR) is 68.8 cm³/mol. The smallest absolute Gasteiger partial charge is 0.286 e. The van der Waals surface area contributed by atoms with Crippen LogP contribution in [0.15, 0.2) is 36.5 Å². The Morgan fingerprint density at radius 2 is 1.84 bits per heavy atom.